The van der Waals surface area contributed by atoms with E-state index in [-0.39, 0.29) is 18.2 Å². The molecule has 0 fully saturated rings. The molecule has 1 heterocycles. The Hall–Kier alpha value is -2.19. The average Bonchev–Trinajstić information content (AvgIpc) is 2.87. The Bertz CT molecular complexity index is 1030. The van der Waals surface area contributed by atoms with Gasteiger partial charge in [0, 0.05) is 14.3 Å². The number of carbonyl (C=O) groups excluding carboxylic acids is 1. The van der Waals surface area contributed by atoms with Crippen molar-refractivity contribution in [3.8, 4) is 11.6 Å². The second-order valence-electron chi connectivity index (χ2n) is 5.76. The molecule has 0 aliphatic rings. The summed E-state index contributed by atoms with van der Waals surface area (Å²) in [6.07, 6.45) is 0. The standard InChI is InChI=1S/C18H15Br2N3O3/c1-9-6-12-14(7-13(9)20)21-18(25)17(12)23-22-16(24)8-26-15-4-3-11(19)5-10(15)2/h3-7,21,25H,8H2,1-2H3. The van der Waals surface area contributed by atoms with Crippen molar-refractivity contribution in [2.24, 2.45) is 10.2 Å². The number of nitrogens with zero attached hydrogens (tertiary/aromatic N) is 2. The fourth-order valence-corrected chi connectivity index (χ4v) is 3.26. The van der Waals surface area contributed by atoms with E-state index in [1.54, 1.807) is 6.07 Å². The van der Waals surface area contributed by atoms with E-state index in [4.69, 9.17) is 4.74 Å². The molecule has 1 amide bonds. The predicted molar refractivity (Wildman–Crippen MR) is 106 cm³/mol. The quantitative estimate of drug-likeness (QED) is 0.469. The number of aromatic amines is 1. The Kier molecular flexibility index (Phi) is 5.43. The third kappa shape index (κ3) is 3.96. The van der Waals surface area contributed by atoms with Gasteiger partial charge in [-0.2, -0.15) is 0 Å². The van der Waals surface area contributed by atoms with Crippen molar-refractivity contribution in [3.63, 3.8) is 0 Å². The molecule has 0 atom stereocenters. The van der Waals surface area contributed by atoms with Gasteiger partial charge >= 0.3 is 5.91 Å². The summed E-state index contributed by atoms with van der Waals surface area (Å²) in [4.78, 5) is 14.8. The number of rotatable bonds is 4. The minimum absolute atomic E-state index is 0.140. The highest BCUT2D eigenvalue weighted by Gasteiger charge is 2.13. The van der Waals surface area contributed by atoms with Gasteiger partial charge in [0.2, 0.25) is 5.88 Å². The molecule has 0 aliphatic carbocycles. The van der Waals surface area contributed by atoms with Crippen LogP contribution in [-0.2, 0) is 4.79 Å². The van der Waals surface area contributed by atoms with Crippen LogP contribution < -0.4 is 4.74 Å². The van der Waals surface area contributed by atoms with Gasteiger partial charge in [-0.1, -0.05) is 31.9 Å². The number of hydrogen-bond acceptors (Lipinski definition) is 4. The number of aromatic hydroxyl groups is 1. The molecule has 0 spiro atoms. The number of aromatic nitrogens is 1. The van der Waals surface area contributed by atoms with E-state index in [0.717, 1.165) is 20.1 Å². The molecule has 8 heteroatoms. The van der Waals surface area contributed by atoms with Gasteiger partial charge in [-0.3, -0.25) is 4.79 Å². The molecule has 1 aromatic heterocycles. The fraction of sp³-hybridized carbons (Fsp3) is 0.167. The number of amides is 1. The molecule has 2 aromatic carbocycles. The van der Waals surface area contributed by atoms with Crippen LogP contribution in [-0.4, -0.2) is 22.6 Å². The first-order valence-corrected chi connectivity index (χ1v) is 9.28. The molecular formula is C18H15Br2N3O3. The fourth-order valence-electron chi connectivity index (χ4n) is 2.45. The summed E-state index contributed by atoms with van der Waals surface area (Å²) in [5, 5.41) is 18.3. The molecule has 0 unspecified atom stereocenters. The summed E-state index contributed by atoms with van der Waals surface area (Å²) >= 11 is 6.81. The summed E-state index contributed by atoms with van der Waals surface area (Å²) in [5.41, 5.74) is 2.81. The second-order valence-corrected chi connectivity index (χ2v) is 7.53. The third-order valence-corrected chi connectivity index (χ3v) is 5.13. The number of nitrogens with one attached hydrogen (secondary N) is 1. The van der Waals surface area contributed by atoms with Crippen LogP contribution in [0.2, 0.25) is 0 Å². The first-order chi connectivity index (χ1) is 12.3. The van der Waals surface area contributed by atoms with Crippen LogP contribution in [0.3, 0.4) is 0 Å². The van der Waals surface area contributed by atoms with E-state index in [1.165, 1.54) is 0 Å². The van der Waals surface area contributed by atoms with Crippen molar-refractivity contribution in [3.05, 3.63) is 50.4 Å². The van der Waals surface area contributed by atoms with E-state index in [0.29, 0.717) is 16.7 Å². The van der Waals surface area contributed by atoms with Crippen molar-refractivity contribution in [2.45, 2.75) is 13.8 Å². The van der Waals surface area contributed by atoms with Gasteiger partial charge in [-0.25, -0.2) is 0 Å². The number of halogens is 2. The van der Waals surface area contributed by atoms with Crippen LogP contribution in [0.5, 0.6) is 11.6 Å². The maximum atomic E-state index is 12.0. The molecule has 0 saturated carbocycles. The van der Waals surface area contributed by atoms with E-state index in [1.807, 2.05) is 38.1 Å². The Morgan fingerprint density at radius 1 is 1.19 bits per heavy atom. The first kappa shape index (κ1) is 18.6. The normalized spacial score (nSPS) is 11.4. The van der Waals surface area contributed by atoms with Crippen LogP contribution in [0.25, 0.3) is 10.9 Å². The van der Waals surface area contributed by atoms with Gasteiger partial charge in [0.15, 0.2) is 12.3 Å². The number of ether oxygens (including phenoxy) is 1. The number of azo groups is 1. The van der Waals surface area contributed by atoms with Gasteiger partial charge in [-0.15, -0.1) is 10.2 Å². The smallest absolute Gasteiger partial charge is 0.302 e. The molecule has 0 bridgehead atoms. The van der Waals surface area contributed by atoms with Crippen LogP contribution in [0.15, 0.2) is 49.5 Å². The van der Waals surface area contributed by atoms with E-state index < -0.39 is 5.91 Å². The zero-order valence-corrected chi connectivity index (χ0v) is 17.2. The van der Waals surface area contributed by atoms with E-state index in [2.05, 4.69) is 47.1 Å². The minimum Gasteiger partial charge on any atom is -0.493 e. The number of H-pyrrole nitrogens is 1. The topological polar surface area (TPSA) is 87.0 Å². The molecule has 0 radical (unpaired) electrons. The minimum atomic E-state index is -0.546. The maximum Gasteiger partial charge on any atom is 0.302 e. The molecule has 134 valence electrons. The lowest BCUT2D eigenvalue weighted by Gasteiger charge is -2.06. The van der Waals surface area contributed by atoms with Crippen molar-refractivity contribution in [1.29, 1.82) is 0 Å². The summed E-state index contributed by atoms with van der Waals surface area (Å²) in [6, 6.07) is 9.20. The van der Waals surface area contributed by atoms with Crippen LogP contribution in [0.4, 0.5) is 5.69 Å². The van der Waals surface area contributed by atoms with Crippen molar-refractivity contribution in [1.82, 2.24) is 4.98 Å². The zero-order chi connectivity index (χ0) is 18.8. The molecular weight excluding hydrogens is 466 g/mol. The summed E-state index contributed by atoms with van der Waals surface area (Å²) in [6.45, 7) is 3.57. The Morgan fingerprint density at radius 3 is 2.69 bits per heavy atom. The monoisotopic (exact) mass is 479 g/mol. The lowest BCUT2D eigenvalue weighted by molar-refractivity contribution is -0.120. The average molecular weight is 481 g/mol. The van der Waals surface area contributed by atoms with Gasteiger partial charge < -0.3 is 14.8 Å². The number of aryl methyl sites for hydroxylation is 2. The predicted octanol–water partition coefficient (Wildman–Crippen LogP) is 5.70. The van der Waals surface area contributed by atoms with Crippen LogP contribution in [0.1, 0.15) is 11.1 Å². The number of hydrogen-bond donors (Lipinski definition) is 2. The third-order valence-electron chi connectivity index (χ3n) is 3.78. The molecule has 26 heavy (non-hydrogen) atoms. The maximum absolute atomic E-state index is 12.0. The van der Waals surface area contributed by atoms with Crippen LogP contribution >= 0.6 is 31.9 Å². The first-order valence-electron chi connectivity index (χ1n) is 7.69. The van der Waals surface area contributed by atoms with Gasteiger partial charge in [0.25, 0.3) is 0 Å². The number of benzene rings is 2. The van der Waals surface area contributed by atoms with E-state index in [9.17, 15) is 9.90 Å². The highest BCUT2D eigenvalue weighted by molar-refractivity contribution is 9.10. The molecule has 0 saturated heterocycles. The zero-order valence-electron chi connectivity index (χ0n) is 14.0. The van der Waals surface area contributed by atoms with Crippen molar-refractivity contribution >= 4 is 54.4 Å². The van der Waals surface area contributed by atoms with Crippen LogP contribution in [0, 0.1) is 13.8 Å². The number of fused-ring (bicyclic) bond motifs is 1. The highest BCUT2D eigenvalue weighted by Crippen LogP contribution is 2.37. The Balaban J connectivity index is 1.75. The second kappa shape index (κ2) is 7.59. The molecule has 3 aromatic rings. The van der Waals surface area contributed by atoms with Crippen molar-refractivity contribution < 1.29 is 14.6 Å². The lowest BCUT2D eigenvalue weighted by atomic mass is 10.1. The summed E-state index contributed by atoms with van der Waals surface area (Å²) in [7, 11) is 0. The summed E-state index contributed by atoms with van der Waals surface area (Å²) < 4.78 is 7.32. The number of carbonyl (C=O) groups is 1. The highest BCUT2D eigenvalue weighted by atomic mass is 79.9. The molecule has 6 nitrogen and oxygen atoms in total. The molecule has 3 rings (SSSR count). The van der Waals surface area contributed by atoms with Gasteiger partial charge in [0.05, 0.1) is 5.52 Å². The summed E-state index contributed by atoms with van der Waals surface area (Å²) in [5.74, 6) is -0.0826. The Morgan fingerprint density at radius 2 is 1.96 bits per heavy atom. The van der Waals surface area contributed by atoms with E-state index >= 15 is 0 Å². The largest absolute Gasteiger partial charge is 0.493 e. The van der Waals surface area contributed by atoms with Crippen molar-refractivity contribution in [2.75, 3.05) is 6.61 Å². The van der Waals surface area contributed by atoms with Gasteiger partial charge in [0.1, 0.15) is 5.75 Å². The SMILES string of the molecule is Cc1cc2c(N=NC(=O)COc3ccc(Br)cc3C)c(O)[nH]c2cc1Br. The molecule has 2 N–H and O–H groups in total. The lowest BCUT2D eigenvalue weighted by Crippen LogP contribution is -2.08. The van der Waals surface area contributed by atoms with Gasteiger partial charge in [-0.05, 0) is 55.3 Å². The molecule has 0 aliphatic heterocycles. The Labute approximate surface area is 166 Å².